The van der Waals surface area contributed by atoms with Gasteiger partial charge < -0.3 is 5.32 Å². The van der Waals surface area contributed by atoms with E-state index in [9.17, 15) is 0 Å². The first-order valence-electron chi connectivity index (χ1n) is 4.62. The van der Waals surface area contributed by atoms with Crippen LogP contribution in [0.2, 0.25) is 0 Å². The quantitative estimate of drug-likeness (QED) is 0.532. The van der Waals surface area contributed by atoms with Crippen molar-refractivity contribution in [1.29, 1.82) is 0 Å². The second kappa shape index (κ2) is 1.58. The van der Waals surface area contributed by atoms with Crippen LogP contribution in [0, 0.1) is 17.3 Å². The Bertz CT molecular complexity index is 142. The van der Waals surface area contributed by atoms with Crippen molar-refractivity contribution in [2.45, 2.75) is 25.7 Å². The summed E-state index contributed by atoms with van der Waals surface area (Å²) in [5.41, 5.74) is 0.894. The van der Waals surface area contributed by atoms with Crippen molar-refractivity contribution in [3.63, 3.8) is 0 Å². The minimum absolute atomic E-state index is 0.894. The van der Waals surface area contributed by atoms with Crippen molar-refractivity contribution in [3.8, 4) is 0 Å². The van der Waals surface area contributed by atoms with Crippen molar-refractivity contribution in [1.82, 2.24) is 5.32 Å². The molecule has 1 aliphatic heterocycles. The van der Waals surface area contributed by atoms with E-state index >= 15 is 0 Å². The molecule has 3 rings (SSSR count). The molecule has 10 heavy (non-hydrogen) atoms. The SMILES string of the molecule is C1C[C@H]2CNC[C@@H]1C21CC1. The highest BCUT2D eigenvalue weighted by atomic mass is 14.9. The van der Waals surface area contributed by atoms with Crippen LogP contribution in [0.5, 0.6) is 0 Å². The lowest BCUT2D eigenvalue weighted by Gasteiger charge is -2.30. The van der Waals surface area contributed by atoms with Gasteiger partial charge >= 0.3 is 0 Å². The molecule has 0 aromatic rings. The monoisotopic (exact) mass is 137 g/mol. The molecule has 0 amide bonds. The molecule has 1 N–H and O–H groups in total. The summed E-state index contributed by atoms with van der Waals surface area (Å²) in [4.78, 5) is 0. The normalized spacial score (nSPS) is 48.0. The summed E-state index contributed by atoms with van der Waals surface area (Å²) < 4.78 is 0. The van der Waals surface area contributed by atoms with Crippen LogP contribution in [-0.2, 0) is 0 Å². The van der Waals surface area contributed by atoms with Gasteiger partial charge in [0.2, 0.25) is 0 Å². The van der Waals surface area contributed by atoms with E-state index in [1.807, 2.05) is 0 Å². The minimum atomic E-state index is 0.894. The maximum atomic E-state index is 3.54. The van der Waals surface area contributed by atoms with Crippen molar-refractivity contribution in [2.75, 3.05) is 13.1 Å². The van der Waals surface area contributed by atoms with Gasteiger partial charge in [-0.25, -0.2) is 0 Å². The van der Waals surface area contributed by atoms with Crippen molar-refractivity contribution >= 4 is 0 Å². The standard InChI is InChI=1S/C9H15N/c1-2-8-6-10-5-7(1)9(8)3-4-9/h7-8,10H,1-6H2/t7-,8+. The average Bonchev–Trinajstić information content (AvgIpc) is 2.59. The van der Waals surface area contributed by atoms with Crippen LogP contribution < -0.4 is 5.32 Å². The van der Waals surface area contributed by atoms with Crippen LogP contribution in [-0.4, -0.2) is 13.1 Å². The van der Waals surface area contributed by atoms with Crippen LogP contribution in [0.4, 0.5) is 0 Å². The number of piperidine rings is 1. The molecule has 1 spiro atoms. The summed E-state index contributed by atoms with van der Waals surface area (Å²) in [7, 11) is 0. The Hall–Kier alpha value is -0.0400. The zero-order valence-electron chi connectivity index (χ0n) is 6.40. The molecule has 1 nitrogen and oxygen atoms in total. The van der Waals surface area contributed by atoms with Crippen LogP contribution in [0.3, 0.4) is 0 Å². The fourth-order valence-corrected chi connectivity index (χ4v) is 3.31. The van der Waals surface area contributed by atoms with E-state index in [0.29, 0.717) is 0 Å². The van der Waals surface area contributed by atoms with Gasteiger partial charge in [-0.1, -0.05) is 0 Å². The Morgan fingerprint density at radius 1 is 1.00 bits per heavy atom. The molecule has 0 radical (unpaired) electrons. The molecule has 2 bridgehead atoms. The van der Waals surface area contributed by atoms with E-state index < -0.39 is 0 Å². The molecule has 3 aliphatic rings. The summed E-state index contributed by atoms with van der Waals surface area (Å²) in [5, 5.41) is 3.54. The fourth-order valence-electron chi connectivity index (χ4n) is 3.31. The number of rotatable bonds is 0. The molecule has 0 unspecified atom stereocenters. The van der Waals surface area contributed by atoms with Gasteiger partial charge in [0.1, 0.15) is 0 Å². The molecule has 2 saturated carbocycles. The molecular weight excluding hydrogens is 122 g/mol. The van der Waals surface area contributed by atoms with E-state index in [1.54, 1.807) is 12.8 Å². The molecular formula is C9H15N. The van der Waals surface area contributed by atoms with Gasteiger partial charge in [-0.2, -0.15) is 0 Å². The van der Waals surface area contributed by atoms with Crippen LogP contribution >= 0.6 is 0 Å². The summed E-state index contributed by atoms with van der Waals surface area (Å²) in [6.45, 7) is 2.66. The van der Waals surface area contributed by atoms with Gasteiger partial charge in [0, 0.05) is 0 Å². The zero-order chi connectivity index (χ0) is 6.60. The largest absolute Gasteiger partial charge is 0.316 e. The third-order valence-electron chi connectivity index (χ3n) is 4.10. The first-order valence-corrected chi connectivity index (χ1v) is 4.62. The van der Waals surface area contributed by atoms with Gasteiger partial charge in [-0.05, 0) is 56.0 Å². The Morgan fingerprint density at radius 3 is 2.00 bits per heavy atom. The zero-order valence-corrected chi connectivity index (χ0v) is 6.40. The van der Waals surface area contributed by atoms with E-state index in [4.69, 9.17) is 0 Å². The maximum Gasteiger partial charge on any atom is -0.00150 e. The smallest absolute Gasteiger partial charge is 0.00150 e. The van der Waals surface area contributed by atoms with Crippen LogP contribution in [0.15, 0.2) is 0 Å². The van der Waals surface area contributed by atoms with E-state index in [0.717, 1.165) is 17.3 Å². The topological polar surface area (TPSA) is 12.0 Å². The molecule has 1 saturated heterocycles. The summed E-state index contributed by atoms with van der Waals surface area (Å²) in [6, 6.07) is 0. The Morgan fingerprint density at radius 2 is 1.60 bits per heavy atom. The number of hydrogen-bond acceptors (Lipinski definition) is 1. The molecule has 2 atom stereocenters. The van der Waals surface area contributed by atoms with Gasteiger partial charge in [-0.15, -0.1) is 0 Å². The number of nitrogens with one attached hydrogen (secondary N) is 1. The lowest BCUT2D eigenvalue weighted by atomic mass is 9.83. The minimum Gasteiger partial charge on any atom is -0.316 e. The molecule has 0 aromatic heterocycles. The third kappa shape index (κ3) is 0.493. The van der Waals surface area contributed by atoms with Gasteiger partial charge in [0.05, 0.1) is 0 Å². The number of hydrogen-bond donors (Lipinski definition) is 1. The molecule has 3 fully saturated rings. The highest BCUT2D eigenvalue weighted by molar-refractivity contribution is 5.10. The lowest BCUT2D eigenvalue weighted by molar-refractivity contribution is 0.221. The Labute approximate surface area is 62.2 Å². The highest BCUT2D eigenvalue weighted by Gasteiger charge is 2.58. The van der Waals surface area contributed by atoms with Crippen molar-refractivity contribution in [3.05, 3.63) is 0 Å². The van der Waals surface area contributed by atoms with E-state index in [1.165, 1.54) is 25.9 Å². The third-order valence-corrected chi connectivity index (χ3v) is 4.10. The van der Waals surface area contributed by atoms with Gasteiger partial charge in [0.25, 0.3) is 0 Å². The van der Waals surface area contributed by atoms with Crippen molar-refractivity contribution in [2.24, 2.45) is 17.3 Å². The second-order valence-corrected chi connectivity index (χ2v) is 4.36. The van der Waals surface area contributed by atoms with Crippen molar-refractivity contribution < 1.29 is 0 Å². The lowest BCUT2D eigenvalue weighted by Crippen LogP contribution is -2.39. The fraction of sp³-hybridized carbons (Fsp3) is 1.00. The average molecular weight is 137 g/mol. The van der Waals surface area contributed by atoms with E-state index in [2.05, 4.69) is 5.32 Å². The maximum absolute atomic E-state index is 3.54. The Kier molecular flexibility index (Phi) is 0.883. The summed E-state index contributed by atoms with van der Waals surface area (Å²) >= 11 is 0. The molecule has 0 aromatic carbocycles. The first-order chi connectivity index (χ1) is 4.92. The van der Waals surface area contributed by atoms with Crippen LogP contribution in [0.1, 0.15) is 25.7 Å². The second-order valence-electron chi connectivity index (χ2n) is 4.36. The van der Waals surface area contributed by atoms with Gasteiger partial charge in [-0.3, -0.25) is 0 Å². The Balaban J connectivity index is 1.95. The van der Waals surface area contributed by atoms with Crippen LogP contribution in [0.25, 0.3) is 0 Å². The summed E-state index contributed by atoms with van der Waals surface area (Å²) in [5.74, 6) is 2.15. The predicted octanol–water partition coefficient (Wildman–Crippen LogP) is 1.40. The highest BCUT2D eigenvalue weighted by Crippen LogP contribution is 2.65. The first kappa shape index (κ1) is 5.59. The predicted molar refractivity (Wildman–Crippen MR) is 40.8 cm³/mol. The molecule has 1 heteroatoms. The van der Waals surface area contributed by atoms with E-state index in [-0.39, 0.29) is 0 Å². The summed E-state index contributed by atoms with van der Waals surface area (Å²) in [6.07, 6.45) is 6.17. The molecule has 1 heterocycles. The molecule has 56 valence electrons. The molecule has 2 aliphatic carbocycles. The van der Waals surface area contributed by atoms with Gasteiger partial charge in [0.15, 0.2) is 0 Å².